The molecule has 37 rings (SSSR count). The van der Waals surface area contributed by atoms with Gasteiger partial charge in [0.05, 0.1) is 0 Å². The van der Waals surface area contributed by atoms with Crippen molar-refractivity contribution in [2.75, 3.05) is 0 Å². The van der Waals surface area contributed by atoms with Crippen molar-refractivity contribution in [1.82, 2.24) is 0 Å². The van der Waals surface area contributed by atoms with Crippen molar-refractivity contribution in [3.05, 3.63) is 0 Å². The fraction of sp³-hybridized carbons (Fsp3) is 1.00. The molecule has 37 saturated carbocycles. The molecule has 0 aliphatic heterocycles. The molecule has 0 amide bonds. The summed E-state index contributed by atoms with van der Waals surface area (Å²) >= 11 is 0. The van der Waals surface area contributed by atoms with E-state index in [1.807, 2.05) is 0 Å². The molecule has 0 nitrogen and oxygen atoms in total. The van der Waals surface area contributed by atoms with Gasteiger partial charge in [-0.2, -0.15) is 0 Å². The van der Waals surface area contributed by atoms with Crippen molar-refractivity contribution in [1.29, 1.82) is 0 Å². The third-order valence-corrected chi connectivity index (χ3v) is 46.1. The summed E-state index contributed by atoms with van der Waals surface area (Å²) in [6.07, 6.45) is 166. The maximum atomic E-state index is 2.54. The van der Waals surface area contributed by atoms with Crippen molar-refractivity contribution in [2.24, 2.45) is 159 Å². The third-order valence-electron chi connectivity index (χ3n) is 46.1. The van der Waals surface area contributed by atoms with Gasteiger partial charge >= 0.3 is 0 Å². The summed E-state index contributed by atoms with van der Waals surface area (Å²) in [7, 11) is 0. The first kappa shape index (κ1) is 110. The van der Waals surface area contributed by atoms with E-state index in [4.69, 9.17) is 0 Å². The lowest BCUT2D eigenvalue weighted by atomic mass is 9.56. The lowest BCUT2D eigenvalue weighted by molar-refractivity contribution is 0.0197. The molecule has 0 N–H and O–H groups in total. The van der Waals surface area contributed by atoms with Crippen LogP contribution in [0.5, 0.6) is 0 Å². The van der Waals surface area contributed by atoms with Crippen LogP contribution in [0.2, 0.25) is 0 Å². The van der Waals surface area contributed by atoms with Gasteiger partial charge in [0.2, 0.25) is 0 Å². The van der Waals surface area contributed by atoms with E-state index in [2.05, 4.69) is 6.92 Å². The second-order valence-corrected chi connectivity index (χ2v) is 57.2. The van der Waals surface area contributed by atoms with E-state index < -0.39 is 0 Å². The Morgan fingerprint density at radius 1 is 0.103 bits per heavy atom. The van der Waals surface area contributed by atoms with Crippen molar-refractivity contribution in [3.63, 3.8) is 0 Å². The molecule has 0 aromatic heterocycles. The minimum absolute atomic E-state index is 0.774. The van der Waals surface area contributed by atoms with Crippen LogP contribution < -0.4 is 0 Å². The Labute approximate surface area is 853 Å². The van der Waals surface area contributed by atoms with Gasteiger partial charge in [-0.25, -0.2) is 0 Å². The summed E-state index contributed by atoms with van der Waals surface area (Å²) in [6.45, 7) is 2.54. The van der Waals surface area contributed by atoms with Gasteiger partial charge in [0, 0.05) is 0 Å². The summed E-state index contributed by atoms with van der Waals surface area (Å²) in [6, 6.07) is 0. The van der Waals surface area contributed by atoms with E-state index in [9.17, 15) is 0 Å². The Morgan fingerprint density at radius 3 is 0.419 bits per heavy atom. The number of fused-ring (bicyclic) bond motifs is 15. The van der Waals surface area contributed by atoms with Crippen LogP contribution >= 0.6 is 0 Å². The number of rotatable bonds is 0. The number of hydrogen-bond donors (Lipinski definition) is 0. The quantitative estimate of drug-likeness (QED) is 0.212. The minimum Gasteiger partial charge on any atom is -0.0594 e. The predicted octanol–water partition coefficient (Wildman–Crippen LogP) is 45.7. The SMILES string of the molecule is C1C2CC1C2.C1C2CC3CC1CC(C2)C3.C1CC1.C1CC2CC(C1)C2.C1CC2CC12.C1CC2CC2C1.C1CC2CCC1C2.C1CC2CCC1C2.C1CC2CCC1CC2.C1CC2CCCC2C1.C1CCC1.C1CCC2(CC1)CCCCC2.C1CCC2CCC2C1.C1CCC2CCCCC2C1.C1CCCC1.C1CCCCC1.C1CCCCCC1.C1CCCCCCC1.CC12CCCCC1CCCC2. The van der Waals surface area contributed by atoms with Crippen LogP contribution in [0.4, 0.5) is 0 Å². The number of hydrogen-bond acceptors (Lipinski definition) is 0. The molecule has 14 bridgehead atoms. The van der Waals surface area contributed by atoms with E-state index in [0.717, 1.165) is 40.4 Å². The van der Waals surface area contributed by atoms with Gasteiger partial charge in [-0.05, 0) is 332 Å². The summed E-state index contributed by atoms with van der Waals surface area (Å²) in [5.74, 6) is 29.5. The van der Waals surface area contributed by atoms with Gasteiger partial charge in [-0.3, -0.25) is 0 Å². The van der Waals surface area contributed by atoms with E-state index in [1.54, 1.807) is 327 Å². The van der Waals surface area contributed by atoms with E-state index in [1.165, 1.54) is 484 Å². The molecule has 37 aliphatic rings. The fourth-order valence-corrected chi connectivity index (χ4v) is 35.5. The van der Waals surface area contributed by atoms with E-state index in [-0.39, 0.29) is 0 Å². The third kappa shape index (κ3) is 41.5. The smallest absolute Gasteiger partial charge is 0.0297 e. The molecule has 0 heteroatoms. The molecule has 6 atom stereocenters. The van der Waals surface area contributed by atoms with Gasteiger partial charge < -0.3 is 0 Å². The maximum Gasteiger partial charge on any atom is -0.0297 e. The van der Waals surface area contributed by atoms with Crippen molar-refractivity contribution in [2.45, 2.75) is 700 Å². The highest BCUT2D eigenvalue weighted by Gasteiger charge is 2.46. The highest BCUT2D eigenvalue weighted by Crippen LogP contribution is 2.58. The van der Waals surface area contributed by atoms with Gasteiger partial charge in [-0.1, -0.05) is 527 Å². The molecule has 788 valence electrons. The molecule has 0 aromatic rings. The standard InChI is InChI=1S/2C11H20.C10H16.C10H18.3C8H14.C8H16.3C7H12.C7H14.C6H10.C6H12.2C5H8.C5H10.C4H8.C3H6/c1-11-8-4-2-6-10(11)7-3-5-9-11;1-3-7-11(8-4-1)9-5-2-6-10-11;1-7-2-9-4-8(1)5-10(3-7)6-9;1-2-6-10-8-4-3-7-9(10)5-1;1-3-7-5-2-6-8(7)4-1;1-2-8-5-3-7(1)4-6-8;1-2-4-8-6-5-7(8)3-1;1-2-4-6-8-7-5-3-1;2*1-2-7-4-3-6(1)5-7;1-2-6-4-7(3-1)5-6;1-2-4-6-7-5-3-1;1-2-5-4-6(5)3-1;1-2-4-6-5-3-1;1-4-2-5(1)3-4;1-2-5-3-4(1)5;1-2-4-5-3-1;1-2-4-3-1;1-2-3-1/h10H,2-9H2,1H3;1-10H2;7-10H,1-6H2;9-10H,1-8H2;3*7-8H,1-6H2;1-8H2;3*6-7H,1-5H2;1-7H2;5-6H,1-4H2;1-6H2;2*4-5H,1-3H2;1-5H2;1-4H2;1-3H2. The monoisotopic (exact) mass is 1880 g/mol. The molecule has 0 saturated heterocycles. The average Bonchev–Trinajstić information content (AvgIpc) is 1.55. The molecule has 37 fully saturated rings. The van der Waals surface area contributed by atoms with Crippen LogP contribution in [-0.4, -0.2) is 0 Å². The first-order valence-electron chi connectivity index (χ1n) is 67.2. The lowest BCUT2D eigenvalue weighted by Crippen LogP contribution is -2.38. The molecule has 37 aliphatic carbocycles. The first-order chi connectivity index (χ1) is 67.2. The van der Waals surface area contributed by atoms with Crippen molar-refractivity contribution < 1.29 is 0 Å². The van der Waals surface area contributed by atoms with Crippen LogP contribution in [0.25, 0.3) is 0 Å². The van der Waals surface area contributed by atoms with Crippen molar-refractivity contribution in [3.8, 4) is 0 Å². The summed E-state index contributed by atoms with van der Waals surface area (Å²) in [4.78, 5) is 0. The Hall–Kier alpha value is 0. The molecule has 1 spiro atoms. The molecular weight excluding hydrogens is 1630 g/mol. The Balaban J connectivity index is 0.000000110. The van der Waals surface area contributed by atoms with Crippen LogP contribution in [0, 0.1) is 159 Å². The van der Waals surface area contributed by atoms with E-state index >= 15 is 0 Å². The summed E-state index contributed by atoms with van der Waals surface area (Å²) in [5.41, 5.74) is 1.63. The molecule has 0 radical (unpaired) electrons. The van der Waals surface area contributed by atoms with Crippen LogP contribution in [0.3, 0.4) is 0 Å². The first-order valence-corrected chi connectivity index (χ1v) is 67.2. The zero-order valence-corrected chi connectivity index (χ0v) is 92.8. The Bertz CT molecular complexity index is 2550. The zero-order chi connectivity index (χ0) is 92.8. The lowest BCUT2D eigenvalue weighted by Gasteiger charge is -2.49. The molecule has 136 heavy (non-hydrogen) atoms. The zero-order valence-electron chi connectivity index (χ0n) is 92.8. The van der Waals surface area contributed by atoms with E-state index in [0.29, 0.717) is 0 Å². The van der Waals surface area contributed by atoms with Crippen LogP contribution in [0.1, 0.15) is 700 Å². The average molecular weight is 1880 g/mol. The second-order valence-electron chi connectivity index (χ2n) is 57.2. The van der Waals surface area contributed by atoms with Gasteiger partial charge in [-0.15, -0.1) is 0 Å². The fourth-order valence-electron chi connectivity index (χ4n) is 35.5. The Kier molecular flexibility index (Phi) is 51.6. The largest absolute Gasteiger partial charge is 0.0594 e. The molecule has 0 aromatic carbocycles. The second kappa shape index (κ2) is 63.7. The Morgan fingerprint density at radius 2 is 0.265 bits per heavy atom. The molecule has 0 heterocycles. The predicted molar refractivity (Wildman–Crippen MR) is 596 cm³/mol. The highest BCUT2D eigenvalue weighted by atomic mass is 14.5. The summed E-state index contributed by atoms with van der Waals surface area (Å²) < 4.78 is 0. The molecule has 6 unspecified atom stereocenters. The van der Waals surface area contributed by atoms with Gasteiger partial charge in [0.25, 0.3) is 0 Å². The highest BCUT2D eigenvalue weighted by molar-refractivity contribution is 4.98. The van der Waals surface area contributed by atoms with Gasteiger partial charge in [0.1, 0.15) is 0 Å². The topological polar surface area (TPSA) is 0 Å². The molecular formula is C136H244. The van der Waals surface area contributed by atoms with Crippen LogP contribution in [0.15, 0.2) is 0 Å². The summed E-state index contributed by atoms with van der Waals surface area (Å²) in [5, 5.41) is 0. The normalized spacial score (nSPS) is 41.1. The minimum atomic E-state index is 0.774. The van der Waals surface area contributed by atoms with Crippen LogP contribution in [-0.2, 0) is 0 Å². The van der Waals surface area contributed by atoms with Gasteiger partial charge in [0.15, 0.2) is 0 Å². The van der Waals surface area contributed by atoms with Crippen molar-refractivity contribution >= 4 is 0 Å². The maximum absolute atomic E-state index is 2.54.